The van der Waals surface area contributed by atoms with Crippen molar-refractivity contribution in [2.75, 3.05) is 0 Å². The second-order valence-electron chi connectivity index (χ2n) is 11.4. The lowest BCUT2D eigenvalue weighted by molar-refractivity contribution is -0.140. The summed E-state index contributed by atoms with van der Waals surface area (Å²) in [5, 5.41) is 0. The molecular weight excluding hydrogens is 444 g/mol. The van der Waals surface area contributed by atoms with Crippen molar-refractivity contribution in [3.05, 3.63) is 42.2 Å². The Kier molecular flexibility index (Phi) is 10.4. The number of ether oxygens (including phenoxy) is 1. The minimum Gasteiger partial charge on any atom is -0.426 e. The van der Waals surface area contributed by atoms with E-state index in [4.69, 9.17) is 4.74 Å². The van der Waals surface area contributed by atoms with Gasteiger partial charge in [0.1, 0.15) is 5.75 Å². The molecule has 0 N–H and O–H groups in total. The number of esters is 1. The summed E-state index contributed by atoms with van der Waals surface area (Å²) < 4.78 is 5.72. The highest BCUT2D eigenvalue weighted by atomic mass is 16.5. The summed E-state index contributed by atoms with van der Waals surface area (Å²) in [7, 11) is 0. The fourth-order valence-electron chi connectivity index (χ4n) is 6.17. The largest absolute Gasteiger partial charge is 0.426 e. The summed E-state index contributed by atoms with van der Waals surface area (Å²) in [5.41, 5.74) is 2.17. The summed E-state index contributed by atoms with van der Waals surface area (Å²) in [5.74, 6) is 3.93. The first-order chi connectivity index (χ1) is 17.6. The van der Waals surface area contributed by atoms with Gasteiger partial charge in [-0.05, 0) is 86.1 Å². The first kappa shape index (κ1) is 26.8. The standard InChI is InChI=1S/C32H46N2O2/c1-3-5-6-7-25-14-16-29(17-15-25)32(35)36-30-20-18-28(19-21-30)31-33-22-27(23-34-31)13-12-26-10-8-24(4-2)9-11-26/h18-26,29H,3-17H2,1-2H3/t24-,25?,26-,29?. The minimum absolute atomic E-state index is 0.0460. The number of carbonyl (C=O) groups excluding carboxylic acids is 1. The molecule has 0 radical (unpaired) electrons. The molecule has 4 heteroatoms. The molecule has 2 saturated carbocycles. The quantitative estimate of drug-likeness (QED) is 0.180. The van der Waals surface area contributed by atoms with E-state index in [0.29, 0.717) is 5.75 Å². The van der Waals surface area contributed by atoms with Gasteiger partial charge in [0.2, 0.25) is 0 Å². The van der Waals surface area contributed by atoms with Gasteiger partial charge in [-0.1, -0.05) is 71.6 Å². The molecule has 0 amide bonds. The van der Waals surface area contributed by atoms with Crippen molar-refractivity contribution in [2.45, 2.75) is 110 Å². The van der Waals surface area contributed by atoms with E-state index >= 15 is 0 Å². The maximum Gasteiger partial charge on any atom is 0.314 e. The Hall–Kier alpha value is -2.23. The van der Waals surface area contributed by atoms with Gasteiger partial charge in [-0.25, -0.2) is 9.97 Å². The average molecular weight is 491 g/mol. The number of aryl methyl sites for hydroxylation is 1. The molecule has 0 saturated heterocycles. The van der Waals surface area contributed by atoms with Crippen molar-refractivity contribution in [1.82, 2.24) is 9.97 Å². The maximum atomic E-state index is 12.7. The van der Waals surface area contributed by atoms with E-state index in [1.807, 2.05) is 36.7 Å². The first-order valence-electron chi connectivity index (χ1n) is 14.8. The van der Waals surface area contributed by atoms with Crippen molar-refractivity contribution in [3.8, 4) is 17.1 Å². The van der Waals surface area contributed by atoms with E-state index in [9.17, 15) is 4.79 Å². The van der Waals surface area contributed by atoms with Crippen LogP contribution < -0.4 is 4.74 Å². The maximum absolute atomic E-state index is 12.7. The normalized spacial score (nSPS) is 24.4. The SMILES string of the molecule is CCCCCC1CCC(C(=O)Oc2ccc(-c3ncc(CC[C@H]4CC[C@H](CC)CC4)cn3)cc2)CC1. The van der Waals surface area contributed by atoms with Crippen LogP contribution in [0.25, 0.3) is 11.4 Å². The van der Waals surface area contributed by atoms with E-state index in [-0.39, 0.29) is 11.9 Å². The van der Waals surface area contributed by atoms with Gasteiger partial charge in [0.05, 0.1) is 5.92 Å². The third-order valence-corrected chi connectivity index (χ3v) is 8.82. The van der Waals surface area contributed by atoms with Gasteiger partial charge in [-0.2, -0.15) is 0 Å². The number of carbonyl (C=O) groups is 1. The molecule has 2 fully saturated rings. The molecule has 4 rings (SSSR count). The van der Waals surface area contributed by atoms with Crippen LogP contribution in [0.5, 0.6) is 5.75 Å². The first-order valence-corrected chi connectivity index (χ1v) is 14.8. The zero-order valence-electron chi connectivity index (χ0n) is 22.6. The fraction of sp³-hybridized carbons (Fsp3) is 0.656. The molecule has 2 aliphatic rings. The highest BCUT2D eigenvalue weighted by Crippen LogP contribution is 2.34. The van der Waals surface area contributed by atoms with Crippen LogP contribution in [0.1, 0.15) is 109 Å². The molecular formula is C32H46N2O2. The van der Waals surface area contributed by atoms with Crippen molar-refractivity contribution >= 4 is 5.97 Å². The minimum atomic E-state index is -0.0708. The molecule has 1 aromatic heterocycles. The van der Waals surface area contributed by atoms with E-state index in [1.165, 1.54) is 69.8 Å². The second-order valence-corrected chi connectivity index (χ2v) is 11.4. The Morgan fingerprint density at radius 3 is 2.06 bits per heavy atom. The Bertz CT molecular complexity index is 908. The number of rotatable bonds is 11. The number of benzene rings is 1. The van der Waals surface area contributed by atoms with Crippen LogP contribution in [0.4, 0.5) is 0 Å². The molecule has 0 atom stereocenters. The van der Waals surface area contributed by atoms with Gasteiger partial charge in [0.15, 0.2) is 5.82 Å². The molecule has 1 heterocycles. The van der Waals surface area contributed by atoms with Gasteiger partial charge in [0.25, 0.3) is 0 Å². The van der Waals surface area contributed by atoms with Crippen LogP contribution in [0, 0.1) is 23.7 Å². The van der Waals surface area contributed by atoms with Crippen LogP contribution in [0.3, 0.4) is 0 Å². The molecule has 2 aromatic rings. The lowest BCUT2D eigenvalue weighted by Gasteiger charge is -2.27. The summed E-state index contributed by atoms with van der Waals surface area (Å²) >= 11 is 0. The smallest absolute Gasteiger partial charge is 0.314 e. The van der Waals surface area contributed by atoms with Crippen molar-refractivity contribution in [2.24, 2.45) is 23.7 Å². The Morgan fingerprint density at radius 1 is 0.806 bits per heavy atom. The number of hydrogen-bond acceptors (Lipinski definition) is 4. The van der Waals surface area contributed by atoms with E-state index in [1.54, 1.807) is 0 Å². The summed E-state index contributed by atoms with van der Waals surface area (Å²) in [4.78, 5) is 21.9. The molecule has 4 nitrogen and oxygen atoms in total. The van der Waals surface area contributed by atoms with Gasteiger partial charge in [-0.3, -0.25) is 4.79 Å². The third-order valence-electron chi connectivity index (χ3n) is 8.82. The lowest BCUT2D eigenvalue weighted by Crippen LogP contribution is -2.25. The third kappa shape index (κ3) is 7.88. The van der Waals surface area contributed by atoms with Crippen LogP contribution in [-0.2, 0) is 11.2 Å². The van der Waals surface area contributed by atoms with Crippen LogP contribution in [0.2, 0.25) is 0 Å². The molecule has 1 aromatic carbocycles. The fourth-order valence-corrected chi connectivity index (χ4v) is 6.17. The molecule has 2 aliphatic carbocycles. The number of nitrogens with zero attached hydrogens (tertiary/aromatic N) is 2. The van der Waals surface area contributed by atoms with E-state index in [2.05, 4.69) is 23.8 Å². The monoisotopic (exact) mass is 490 g/mol. The van der Waals surface area contributed by atoms with Crippen molar-refractivity contribution < 1.29 is 9.53 Å². The summed E-state index contributed by atoms with van der Waals surface area (Å²) in [6, 6.07) is 7.64. The highest BCUT2D eigenvalue weighted by molar-refractivity contribution is 5.75. The van der Waals surface area contributed by atoms with Gasteiger partial charge < -0.3 is 4.74 Å². The van der Waals surface area contributed by atoms with Crippen LogP contribution in [-0.4, -0.2) is 15.9 Å². The van der Waals surface area contributed by atoms with Gasteiger partial charge >= 0.3 is 5.97 Å². The highest BCUT2D eigenvalue weighted by Gasteiger charge is 2.27. The Morgan fingerprint density at radius 2 is 1.42 bits per heavy atom. The average Bonchev–Trinajstić information content (AvgIpc) is 2.93. The molecule has 0 spiro atoms. The molecule has 0 unspecified atom stereocenters. The second kappa shape index (κ2) is 13.9. The predicted octanol–water partition coefficient (Wildman–Crippen LogP) is 8.58. The molecule has 0 aliphatic heterocycles. The van der Waals surface area contributed by atoms with E-state index in [0.717, 1.165) is 61.2 Å². The van der Waals surface area contributed by atoms with Gasteiger partial charge in [0, 0.05) is 18.0 Å². The summed E-state index contributed by atoms with van der Waals surface area (Å²) in [6.45, 7) is 4.58. The molecule has 36 heavy (non-hydrogen) atoms. The zero-order valence-corrected chi connectivity index (χ0v) is 22.6. The molecule has 196 valence electrons. The number of unbranched alkanes of at least 4 members (excludes halogenated alkanes) is 2. The number of hydrogen-bond donors (Lipinski definition) is 0. The zero-order chi connectivity index (χ0) is 25.2. The predicted molar refractivity (Wildman–Crippen MR) is 147 cm³/mol. The summed E-state index contributed by atoms with van der Waals surface area (Å²) in [6.07, 6.45) is 22.7. The lowest BCUT2D eigenvalue weighted by atomic mass is 9.79. The topological polar surface area (TPSA) is 52.1 Å². The Labute approximate surface area is 218 Å². The van der Waals surface area contributed by atoms with Crippen molar-refractivity contribution in [1.29, 1.82) is 0 Å². The van der Waals surface area contributed by atoms with E-state index < -0.39 is 0 Å². The van der Waals surface area contributed by atoms with Gasteiger partial charge in [-0.15, -0.1) is 0 Å². The number of aromatic nitrogens is 2. The Balaban J connectivity index is 1.21. The van der Waals surface area contributed by atoms with Crippen LogP contribution >= 0.6 is 0 Å². The van der Waals surface area contributed by atoms with Crippen molar-refractivity contribution in [3.63, 3.8) is 0 Å². The molecule has 0 bridgehead atoms. The van der Waals surface area contributed by atoms with Crippen LogP contribution in [0.15, 0.2) is 36.7 Å².